The molecule has 4 aliphatic rings. The predicted molar refractivity (Wildman–Crippen MR) is 104 cm³/mol. The largest absolute Gasteiger partial charge is 0.340 e. The zero-order chi connectivity index (χ0) is 19.0. The van der Waals surface area contributed by atoms with Gasteiger partial charge in [-0.15, -0.1) is 0 Å². The van der Waals surface area contributed by atoms with Gasteiger partial charge in [-0.3, -0.25) is 19.9 Å². The Kier molecular flexibility index (Phi) is 5.71. The second kappa shape index (κ2) is 8.05. The number of piperazine rings is 2. The fourth-order valence-corrected chi connectivity index (χ4v) is 5.70. The zero-order valence-corrected chi connectivity index (χ0v) is 16.9. The third-order valence-corrected chi connectivity index (χ3v) is 7.07. The fourth-order valence-electron chi connectivity index (χ4n) is 5.70. The van der Waals surface area contributed by atoms with Crippen molar-refractivity contribution in [2.75, 3.05) is 45.8 Å². The molecule has 0 radical (unpaired) electrons. The standard InChI is InChI=1S/C20H35N5O2/c1-3-9-22-10-12-23(13-11-22)19(26)15-5-6-16-18(14-15)24(4-2)20(27)17-7-8-21-25(16)17/h15-18,21H,3-14H2,1-2H3. The van der Waals surface area contributed by atoms with Crippen LogP contribution in [0, 0.1) is 5.92 Å². The lowest BCUT2D eigenvalue weighted by Gasteiger charge is -2.52. The highest BCUT2D eigenvalue weighted by Crippen LogP contribution is 2.37. The molecule has 0 aromatic heterocycles. The smallest absolute Gasteiger partial charge is 0.241 e. The molecule has 0 spiro atoms. The SMILES string of the molecule is CCCN1CCN(C(=O)C2CCC3C(C2)N(CC)C(=O)C2CCNN23)CC1. The van der Waals surface area contributed by atoms with Gasteiger partial charge in [0.25, 0.3) is 0 Å². The Balaban J connectivity index is 1.41. The van der Waals surface area contributed by atoms with Crippen LogP contribution in [0.2, 0.25) is 0 Å². The van der Waals surface area contributed by atoms with E-state index in [1.165, 1.54) is 6.42 Å². The van der Waals surface area contributed by atoms with E-state index < -0.39 is 0 Å². The number of fused-ring (bicyclic) bond motifs is 3. The Morgan fingerprint density at radius 3 is 2.56 bits per heavy atom. The van der Waals surface area contributed by atoms with E-state index in [1.54, 1.807) is 0 Å². The first-order valence-electron chi connectivity index (χ1n) is 11.0. The number of carbonyl (C=O) groups excluding carboxylic acids is 2. The summed E-state index contributed by atoms with van der Waals surface area (Å²) in [5.74, 6) is 0.652. The minimum Gasteiger partial charge on any atom is -0.340 e. The molecule has 1 saturated carbocycles. The number of nitrogens with one attached hydrogen (secondary N) is 1. The summed E-state index contributed by atoms with van der Waals surface area (Å²) in [6.07, 6.45) is 4.86. The van der Waals surface area contributed by atoms with Gasteiger partial charge in [0.15, 0.2) is 0 Å². The molecular weight excluding hydrogens is 342 g/mol. The topological polar surface area (TPSA) is 59.1 Å². The van der Waals surface area contributed by atoms with Crippen LogP contribution in [0.15, 0.2) is 0 Å². The summed E-state index contributed by atoms with van der Waals surface area (Å²) in [5.41, 5.74) is 3.44. The third-order valence-electron chi connectivity index (χ3n) is 7.07. The molecule has 4 atom stereocenters. The van der Waals surface area contributed by atoms with Gasteiger partial charge in [-0.2, -0.15) is 0 Å². The first-order chi connectivity index (χ1) is 13.1. The monoisotopic (exact) mass is 377 g/mol. The molecule has 4 fully saturated rings. The van der Waals surface area contributed by atoms with Gasteiger partial charge < -0.3 is 9.80 Å². The van der Waals surface area contributed by atoms with Crippen LogP contribution in [0.25, 0.3) is 0 Å². The van der Waals surface area contributed by atoms with Gasteiger partial charge in [-0.1, -0.05) is 6.92 Å². The number of amides is 2. The van der Waals surface area contributed by atoms with E-state index in [9.17, 15) is 9.59 Å². The van der Waals surface area contributed by atoms with E-state index >= 15 is 0 Å². The molecule has 1 N–H and O–H groups in total. The van der Waals surface area contributed by atoms with Gasteiger partial charge in [0, 0.05) is 57.3 Å². The highest BCUT2D eigenvalue weighted by Gasteiger charge is 2.51. The van der Waals surface area contributed by atoms with E-state index in [-0.39, 0.29) is 23.9 Å². The fraction of sp³-hybridized carbons (Fsp3) is 0.900. The Bertz CT molecular complexity index is 563. The molecule has 4 unspecified atom stereocenters. The van der Waals surface area contributed by atoms with Crippen molar-refractivity contribution < 1.29 is 9.59 Å². The first kappa shape index (κ1) is 19.2. The maximum Gasteiger partial charge on any atom is 0.241 e. The van der Waals surface area contributed by atoms with Crippen LogP contribution in [-0.4, -0.2) is 95.5 Å². The van der Waals surface area contributed by atoms with Crippen LogP contribution in [0.3, 0.4) is 0 Å². The molecule has 0 aromatic carbocycles. The van der Waals surface area contributed by atoms with Crippen molar-refractivity contribution in [2.45, 2.75) is 64.1 Å². The molecular formula is C20H35N5O2. The molecule has 4 rings (SSSR count). The number of rotatable bonds is 4. The summed E-state index contributed by atoms with van der Waals surface area (Å²) in [5, 5.41) is 2.23. The van der Waals surface area contributed by atoms with Crippen molar-refractivity contribution in [1.82, 2.24) is 25.1 Å². The number of nitrogens with zero attached hydrogens (tertiary/aromatic N) is 4. The Morgan fingerprint density at radius 2 is 1.85 bits per heavy atom. The summed E-state index contributed by atoms with van der Waals surface area (Å²) in [6.45, 7) is 10.8. The van der Waals surface area contributed by atoms with E-state index in [1.807, 2.05) is 0 Å². The first-order valence-corrected chi connectivity index (χ1v) is 11.0. The summed E-state index contributed by atoms with van der Waals surface area (Å²) < 4.78 is 0. The summed E-state index contributed by atoms with van der Waals surface area (Å²) >= 11 is 0. The highest BCUT2D eigenvalue weighted by atomic mass is 16.2. The van der Waals surface area contributed by atoms with Crippen LogP contribution in [0.4, 0.5) is 0 Å². The van der Waals surface area contributed by atoms with Crippen molar-refractivity contribution in [3.63, 3.8) is 0 Å². The van der Waals surface area contributed by atoms with Crippen LogP contribution in [0.1, 0.15) is 46.0 Å². The number of hydrogen-bond acceptors (Lipinski definition) is 5. The molecule has 27 heavy (non-hydrogen) atoms. The van der Waals surface area contributed by atoms with E-state index in [2.05, 4.69) is 39.0 Å². The second-order valence-electron chi connectivity index (χ2n) is 8.56. The number of hydrogen-bond donors (Lipinski definition) is 1. The molecule has 3 heterocycles. The number of likely N-dealkylation sites (N-methyl/N-ethyl adjacent to an activating group) is 1. The molecule has 152 valence electrons. The third kappa shape index (κ3) is 3.49. The van der Waals surface area contributed by atoms with Gasteiger partial charge in [0.2, 0.25) is 11.8 Å². The normalized spacial score (nSPS) is 35.3. The van der Waals surface area contributed by atoms with Crippen molar-refractivity contribution in [1.29, 1.82) is 0 Å². The zero-order valence-electron chi connectivity index (χ0n) is 16.9. The predicted octanol–water partition coefficient (Wildman–Crippen LogP) is 0.519. The van der Waals surface area contributed by atoms with Crippen LogP contribution < -0.4 is 5.43 Å². The lowest BCUT2D eigenvalue weighted by Crippen LogP contribution is -2.68. The maximum absolute atomic E-state index is 13.2. The molecule has 0 aromatic rings. The van der Waals surface area contributed by atoms with Crippen molar-refractivity contribution >= 4 is 11.8 Å². The van der Waals surface area contributed by atoms with Gasteiger partial charge in [0.05, 0.1) is 0 Å². The molecule has 1 aliphatic carbocycles. The average molecular weight is 378 g/mol. The van der Waals surface area contributed by atoms with Crippen molar-refractivity contribution in [3.8, 4) is 0 Å². The number of hydrazine groups is 1. The Labute approximate surface area is 163 Å². The number of carbonyl (C=O) groups is 2. The van der Waals surface area contributed by atoms with Gasteiger partial charge >= 0.3 is 0 Å². The summed E-state index contributed by atoms with van der Waals surface area (Å²) in [6, 6.07) is 0.541. The van der Waals surface area contributed by atoms with Gasteiger partial charge in [-0.05, 0) is 45.6 Å². The molecule has 3 saturated heterocycles. The van der Waals surface area contributed by atoms with Gasteiger partial charge in [0.1, 0.15) is 6.04 Å². The molecule has 3 aliphatic heterocycles. The summed E-state index contributed by atoms with van der Waals surface area (Å²) in [4.78, 5) is 32.7. The van der Waals surface area contributed by atoms with E-state index in [4.69, 9.17) is 0 Å². The highest BCUT2D eigenvalue weighted by molar-refractivity contribution is 5.84. The lowest BCUT2D eigenvalue weighted by atomic mass is 9.78. The minimum absolute atomic E-state index is 0.00472. The van der Waals surface area contributed by atoms with Gasteiger partial charge in [-0.25, -0.2) is 5.01 Å². The average Bonchev–Trinajstić information content (AvgIpc) is 3.19. The summed E-state index contributed by atoms with van der Waals surface area (Å²) in [7, 11) is 0. The molecule has 7 heteroatoms. The molecule has 7 nitrogen and oxygen atoms in total. The van der Waals surface area contributed by atoms with E-state index in [0.717, 1.165) is 71.5 Å². The quantitative estimate of drug-likeness (QED) is 0.774. The van der Waals surface area contributed by atoms with Crippen LogP contribution in [-0.2, 0) is 9.59 Å². The second-order valence-corrected chi connectivity index (χ2v) is 8.56. The van der Waals surface area contributed by atoms with Crippen LogP contribution in [0.5, 0.6) is 0 Å². The molecule has 0 bridgehead atoms. The van der Waals surface area contributed by atoms with E-state index in [0.29, 0.717) is 11.9 Å². The minimum atomic E-state index is 0.00472. The maximum atomic E-state index is 13.2. The van der Waals surface area contributed by atoms with Crippen molar-refractivity contribution in [3.05, 3.63) is 0 Å². The van der Waals surface area contributed by atoms with Crippen LogP contribution >= 0.6 is 0 Å². The van der Waals surface area contributed by atoms with Crippen molar-refractivity contribution in [2.24, 2.45) is 5.92 Å². The Hall–Kier alpha value is -1.18. The Morgan fingerprint density at radius 1 is 1.07 bits per heavy atom. The lowest BCUT2D eigenvalue weighted by molar-refractivity contribution is -0.157. The molecule has 2 amide bonds.